The van der Waals surface area contributed by atoms with Crippen LogP contribution in [0.25, 0.3) is 0 Å². The van der Waals surface area contributed by atoms with E-state index in [0.717, 1.165) is 4.90 Å². The fourth-order valence-corrected chi connectivity index (χ4v) is 3.17. The van der Waals surface area contributed by atoms with E-state index in [9.17, 15) is 18.4 Å². The number of nitrogens with one attached hydrogen (secondary N) is 1. The Bertz CT molecular complexity index is 888. The summed E-state index contributed by atoms with van der Waals surface area (Å²) < 4.78 is 34.3. The number of nitrogens with zero attached hydrogens (tertiary/aromatic N) is 5. The Hall–Kier alpha value is -2.95. The molecule has 1 saturated heterocycles. The van der Waals surface area contributed by atoms with Crippen molar-refractivity contribution in [2.24, 2.45) is 0 Å². The molecule has 3 heterocycles. The number of ether oxygens (including phenoxy) is 1. The highest BCUT2D eigenvalue weighted by Crippen LogP contribution is 2.33. The van der Waals surface area contributed by atoms with Crippen LogP contribution in [0.3, 0.4) is 0 Å². The number of carbonyl (C=O) groups excluding carboxylic acids is 2. The van der Waals surface area contributed by atoms with E-state index >= 15 is 0 Å². The van der Waals surface area contributed by atoms with Crippen LogP contribution in [-0.2, 0) is 11.3 Å². The standard InChI is InChI=1S/C18H22F2N6O3/c1-12-4-3-5-14(22-12)17(28)26-11-18(19,20)8-13(26)9-25-10-15(23-24-25)16(27)21-6-7-29-2/h3-5,10,13H,6-9,11H2,1-2H3,(H,21,27)/t13-/m0/s1. The summed E-state index contributed by atoms with van der Waals surface area (Å²) in [6, 6.07) is 4.08. The summed E-state index contributed by atoms with van der Waals surface area (Å²) in [5.74, 6) is -4.01. The highest BCUT2D eigenvalue weighted by molar-refractivity contribution is 5.93. The molecule has 1 aliphatic rings. The van der Waals surface area contributed by atoms with E-state index in [1.165, 1.54) is 24.1 Å². The first kappa shape index (κ1) is 20.8. The second-order valence-corrected chi connectivity index (χ2v) is 6.89. The van der Waals surface area contributed by atoms with Gasteiger partial charge in [-0.2, -0.15) is 0 Å². The lowest BCUT2D eigenvalue weighted by Crippen LogP contribution is -2.39. The molecule has 2 aromatic rings. The first-order chi connectivity index (χ1) is 13.8. The van der Waals surface area contributed by atoms with Crippen LogP contribution >= 0.6 is 0 Å². The van der Waals surface area contributed by atoms with Crippen molar-refractivity contribution in [3.05, 3.63) is 41.5 Å². The Morgan fingerprint density at radius 2 is 2.14 bits per heavy atom. The summed E-state index contributed by atoms with van der Waals surface area (Å²) in [7, 11) is 1.51. The van der Waals surface area contributed by atoms with Crippen LogP contribution in [0.15, 0.2) is 24.4 Å². The zero-order valence-corrected chi connectivity index (χ0v) is 16.1. The fourth-order valence-electron chi connectivity index (χ4n) is 3.17. The Kier molecular flexibility index (Phi) is 6.16. The summed E-state index contributed by atoms with van der Waals surface area (Å²) >= 11 is 0. The third-order valence-corrected chi connectivity index (χ3v) is 4.51. The average molecular weight is 408 g/mol. The molecule has 156 valence electrons. The summed E-state index contributed by atoms with van der Waals surface area (Å²) in [4.78, 5) is 30.0. The van der Waals surface area contributed by atoms with Gasteiger partial charge in [-0.25, -0.2) is 18.4 Å². The molecule has 1 atom stereocenters. The van der Waals surface area contributed by atoms with Gasteiger partial charge in [-0.05, 0) is 19.1 Å². The molecule has 2 aromatic heterocycles. The molecule has 0 aliphatic carbocycles. The van der Waals surface area contributed by atoms with Crippen molar-refractivity contribution in [3.63, 3.8) is 0 Å². The third-order valence-electron chi connectivity index (χ3n) is 4.51. The smallest absolute Gasteiger partial charge is 0.273 e. The number of amides is 2. The molecule has 11 heteroatoms. The van der Waals surface area contributed by atoms with Crippen molar-refractivity contribution in [1.29, 1.82) is 0 Å². The van der Waals surface area contributed by atoms with E-state index in [0.29, 0.717) is 18.8 Å². The quantitative estimate of drug-likeness (QED) is 0.684. The maximum atomic E-state index is 14.1. The van der Waals surface area contributed by atoms with Crippen LogP contribution in [0.1, 0.15) is 33.1 Å². The zero-order valence-electron chi connectivity index (χ0n) is 16.1. The second-order valence-electron chi connectivity index (χ2n) is 6.89. The number of aryl methyl sites for hydroxylation is 1. The van der Waals surface area contributed by atoms with E-state index in [1.54, 1.807) is 19.1 Å². The largest absolute Gasteiger partial charge is 0.383 e. The Balaban J connectivity index is 1.71. The van der Waals surface area contributed by atoms with Gasteiger partial charge in [0, 0.05) is 25.8 Å². The molecule has 1 fully saturated rings. The first-order valence-corrected chi connectivity index (χ1v) is 9.09. The molecular formula is C18H22F2N6O3. The minimum Gasteiger partial charge on any atom is -0.383 e. The predicted octanol–water partition coefficient (Wildman–Crippen LogP) is 0.908. The van der Waals surface area contributed by atoms with Gasteiger partial charge in [0.2, 0.25) is 0 Å². The number of alkyl halides is 2. The molecule has 9 nitrogen and oxygen atoms in total. The minimum atomic E-state index is -3.01. The van der Waals surface area contributed by atoms with Crippen molar-refractivity contribution in [2.45, 2.75) is 31.9 Å². The highest BCUT2D eigenvalue weighted by Gasteiger charge is 2.47. The first-order valence-electron chi connectivity index (χ1n) is 9.09. The van der Waals surface area contributed by atoms with Crippen LogP contribution in [0.2, 0.25) is 0 Å². The van der Waals surface area contributed by atoms with Gasteiger partial charge < -0.3 is 15.0 Å². The lowest BCUT2D eigenvalue weighted by atomic mass is 10.2. The second kappa shape index (κ2) is 8.60. The molecule has 1 N–H and O–H groups in total. The number of halogens is 2. The van der Waals surface area contributed by atoms with Gasteiger partial charge in [-0.15, -0.1) is 5.10 Å². The van der Waals surface area contributed by atoms with Crippen LogP contribution in [0, 0.1) is 6.92 Å². The van der Waals surface area contributed by atoms with Gasteiger partial charge >= 0.3 is 0 Å². The van der Waals surface area contributed by atoms with Crippen LogP contribution in [0.5, 0.6) is 0 Å². The number of hydrogen-bond acceptors (Lipinski definition) is 6. The predicted molar refractivity (Wildman–Crippen MR) is 97.6 cm³/mol. The van der Waals surface area contributed by atoms with Crippen molar-refractivity contribution < 1.29 is 23.1 Å². The fraction of sp³-hybridized carbons (Fsp3) is 0.500. The number of rotatable bonds is 7. The van der Waals surface area contributed by atoms with Gasteiger partial charge in [-0.3, -0.25) is 9.59 Å². The molecule has 29 heavy (non-hydrogen) atoms. The van der Waals surface area contributed by atoms with Crippen molar-refractivity contribution in [3.8, 4) is 0 Å². The topological polar surface area (TPSA) is 102 Å². The van der Waals surface area contributed by atoms with Crippen LogP contribution in [0.4, 0.5) is 8.78 Å². The number of hydrogen-bond donors (Lipinski definition) is 1. The summed E-state index contributed by atoms with van der Waals surface area (Å²) in [5.41, 5.74) is 0.798. The highest BCUT2D eigenvalue weighted by atomic mass is 19.3. The van der Waals surface area contributed by atoms with E-state index in [2.05, 4.69) is 20.6 Å². The lowest BCUT2D eigenvalue weighted by Gasteiger charge is -2.23. The van der Waals surface area contributed by atoms with Gasteiger partial charge in [-0.1, -0.05) is 11.3 Å². The SMILES string of the molecule is COCCNC(=O)c1cn(C[C@@H]2CC(F)(F)CN2C(=O)c2cccc(C)n2)nn1. The number of likely N-dealkylation sites (tertiary alicyclic amines) is 1. The van der Waals surface area contributed by atoms with Gasteiger partial charge in [0.25, 0.3) is 17.7 Å². The van der Waals surface area contributed by atoms with Crippen LogP contribution < -0.4 is 5.32 Å². The monoisotopic (exact) mass is 408 g/mol. The van der Waals surface area contributed by atoms with Crippen molar-refractivity contribution in [1.82, 2.24) is 30.2 Å². The number of carbonyl (C=O) groups is 2. The Morgan fingerprint density at radius 3 is 2.86 bits per heavy atom. The summed E-state index contributed by atoms with van der Waals surface area (Å²) in [6.45, 7) is 1.68. The van der Waals surface area contributed by atoms with Gasteiger partial charge in [0.1, 0.15) is 5.69 Å². The molecule has 0 saturated carbocycles. The number of pyridine rings is 1. The average Bonchev–Trinajstić information content (AvgIpc) is 3.25. The number of aromatic nitrogens is 4. The maximum absolute atomic E-state index is 14.1. The molecule has 0 spiro atoms. The number of methoxy groups -OCH3 is 1. The minimum absolute atomic E-state index is 0.00844. The van der Waals surface area contributed by atoms with Gasteiger partial charge in [0.05, 0.1) is 31.9 Å². The van der Waals surface area contributed by atoms with E-state index in [4.69, 9.17) is 4.74 Å². The molecule has 1 aliphatic heterocycles. The molecule has 3 rings (SSSR count). The normalized spacial score (nSPS) is 18.1. The molecule has 0 aromatic carbocycles. The molecule has 0 bridgehead atoms. The third kappa shape index (κ3) is 5.11. The van der Waals surface area contributed by atoms with Crippen molar-refractivity contribution in [2.75, 3.05) is 26.8 Å². The maximum Gasteiger partial charge on any atom is 0.273 e. The lowest BCUT2D eigenvalue weighted by molar-refractivity contribution is 0.0116. The Morgan fingerprint density at radius 1 is 1.34 bits per heavy atom. The van der Waals surface area contributed by atoms with E-state index in [1.807, 2.05) is 0 Å². The molecular weight excluding hydrogens is 386 g/mol. The molecule has 0 radical (unpaired) electrons. The zero-order chi connectivity index (χ0) is 21.0. The van der Waals surface area contributed by atoms with Gasteiger partial charge in [0.15, 0.2) is 5.69 Å². The van der Waals surface area contributed by atoms with E-state index in [-0.39, 0.29) is 17.9 Å². The Labute approximate surface area is 166 Å². The van der Waals surface area contributed by atoms with E-state index < -0.39 is 36.7 Å². The summed E-state index contributed by atoms with van der Waals surface area (Å²) in [5, 5.41) is 10.2. The summed E-state index contributed by atoms with van der Waals surface area (Å²) in [6.07, 6.45) is 0.867. The molecule has 2 amide bonds. The molecule has 0 unspecified atom stereocenters. The van der Waals surface area contributed by atoms with Crippen LogP contribution in [-0.4, -0.2) is 75.5 Å². The van der Waals surface area contributed by atoms with Crippen molar-refractivity contribution >= 4 is 11.8 Å².